The van der Waals surface area contributed by atoms with Gasteiger partial charge >= 0.3 is 0 Å². The van der Waals surface area contributed by atoms with Gasteiger partial charge in [-0.05, 0) is 61.2 Å². The lowest BCUT2D eigenvalue weighted by molar-refractivity contribution is -0.113. The number of rotatable bonds is 6. The van der Waals surface area contributed by atoms with Crippen LogP contribution in [0.2, 0.25) is 0 Å². The van der Waals surface area contributed by atoms with Crippen LogP contribution in [0.25, 0.3) is 11.3 Å². The van der Waals surface area contributed by atoms with Crippen LogP contribution in [0.1, 0.15) is 22.3 Å². The number of anilines is 2. The fraction of sp³-hybridized carbons (Fsp3) is 0.179. The quantitative estimate of drug-likeness (QED) is 0.261. The molecule has 0 spiro atoms. The molecule has 1 amide bonds. The lowest BCUT2D eigenvalue weighted by atomic mass is 10.1. The molecule has 4 aromatic rings. The van der Waals surface area contributed by atoms with Gasteiger partial charge in [0.1, 0.15) is 4.90 Å². The molecule has 0 aliphatic carbocycles. The van der Waals surface area contributed by atoms with Gasteiger partial charge in [-0.3, -0.25) is 9.10 Å². The van der Waals surface area contributed by atoms with Gasteiger partial charge in [0.2, 0.25) is 5.91 Å². The summed E-state index contributed by atoms with van der Waals surface area (Å²) in [4.78, 5) is 21.5. The number of aromatic nitrogens is 2. The number of hydrogen-bond acceptors (Lipinski definition) is 6. The van der Waals surface area contributed by atoms with Crippen LogP contribution in [0.4, 0.5) is 11.4 Å². The maximum absolute atomic E-state index is 13.7. The van der Waals surface area contributed by atoms with Crippen molar-refractivity contribution in [3.8, 4) is 11.3 Å². The first-order valence-electron chi connectivity index (χ1n) is 11.8. The third-order valence-corrected chi connectivity index (χ3v) is 9.05. The number of carbonyl (C=O) groups is 1. The first-order valence-corrected chi connectivity index (χ1v) is 14.2. The van der Waals surface area contributed by atoms with E-state index in [1.54, 1.807) is 6.07 Å². The molecule has 0 radical (unpaired) electrons. The average Bonchev–Trinajstić information content (AvgIpc) is 2.88. The summed E-state index contributed by atoms with van der Waals surface area (Å²) in [5.74, 6) is -0.0912. The predicted octanol–water partition coefficient (Wildman–Crippen LogP) is 5.51. The largest absolute Gasteiger partial charge is 0.325 e. The van der Waals surface area contributed by atoms with Gasteiger partial charge in [0.25, 0.3) is 10.0 Å². The molecule has 2 heterocycles. The van der Waals surface area contributed by atoms with Crippen molar-refractivity contribution in [1.82, 2.24) is 9.97 Å². The van der Waals surface area contributed by atoms with Gasteiger partial charge in [-0.1, -0.05) is 60.3 Å². The zero-order valence-electron chi connectivity index (χ0n) is 20.7. The molecule has 9 heteroatoms. The molecular formula is C28H26N4O3S2. The van der Waals surface area contributed by atoms with Crippen LogP contribution in [-0.4, -0.2) is 30.0 Å². The van der Waals surface area contributed by atoms with Crippen molar-refractivity contribution in [2.75, 3.05) is 15.4 Å². The molecule has 37 heavy (non-hydrogen) atoms. The number of benzene rings is 3. The van der Waals surface area contributed by atoms with Crippen molar-refractivity contribution in [2.24, 2.45) is 0 Å². The van der Waals surface area contributed by atoms with Crippen molar-refractivity contribution >= 4 is 39.1 Å². The summed E-state index contributed by atoms with van der Waals surface area (Å²) in [5.41, 5.74) is 6.56. The van der Waals surface area contributed by atoms with Gasteiger partial charge in [-0.15, -0.1) is 0 Å². The van der Waals surface area contributed by atoms with Crippen LogP contribution in [0, 0.1) is 20.8 Å². The number of aryl methyl sites for hydroxylation is 3. The summed E-state index contributed by atoms with van der Waals surface area (Å²) >= 11 is 1.17. The Bertz CT molecular complexity index is 1620. The minimum absolute atomic E-state index is 0.0590. The Balaban J connectivity index is 1.40. The summed E-state index contributed by atoms with van der Waals surface area (Å²) in [7, 11) is -3.89. The second-order valence-electron chi connectivity index (χ2n) is 8.96. The molecule has 1 aliphatic rings. The van der Waals surface area contributed by atoms with E-state index in [1.165, 1.54) is 22.3 Å². The van der Waals surface area contributed by atoms with Gasteiger partial charge in [0.05, 0.1) is 29.9 Å². The minimum Gasteiger partial charge on any atom is -0.325 e. The molecule has 0 saturated carbocycles. The molecule has 7 nitrogen and oxygen atoms in total. The summed E-state index contributed by atoms with van der Waals surface area (Å²) in [6.07, 6.45) is 1.35. The molecular weight excluding hydrogens is 504 g/mol. The lowest BCUT2D eigenvalue weighted by Gasteiger charge is -2.31. The summed E-state index contributed by atoms with van der Waals surface area (Å²) < 4.78 is 28.8. The number of carbonyl (C=O) groups excluding carboxylic acids is 1. The second-order valence-corrected chi connectivity index (χ2v) is 11.7. The molecule has 1 N–H and O–H groups in total. The number of sulfonamides is 1. The van der Waals surface area contributed by atoms with E-state index in [0.717, 1.165) is 27.9 Å². The van der Waals surface area contributed by atoms with E-state index in [-0.39, 0.29) is 23.1 Å². The Morgan fingerprint density at radius 2 is 1.70 bits per heavy atom. The third-order valence-electron chi connectivity index (χ3n) is 6.43. The van der Waals surface area contributed by atoms with E-state index in [1.807, 2.05) is 81.4 Å². The van der Waals surface area contributed by atoms with E-state index in [4.69, 9.17) is 0 Å². The molecule has 1 aliphatic heterocycles. The van der Waals surface area contributed by atoms with Crippen LogP contribution in [0.3, 0.4) is 0 Å². The highest BCUT2D eigenvalue weighted by atomic mass is 32.2. The van der Waals surface area contributed by atoms with Crippen molar-refractivity contribution in [1.29, 1.82) is 0 Å². The van der Waals surface area contributed by atoms with Crippen LogP contribution in [0.15, 0.2) is 83.0 Å². The van der Waals surface area contributed by atoms with Crippen molar-refractivity contribution in [3.63, 3.8) is 0 Å². The predicted molar refractivity (Wildman–Crippen MR) is 147 cm³/mol. The summed E-state index contributed by atoms with van der Waals surface area (Å²) in [5, 5.41) is 3.23. The monoisotopic (exact) mass is 530 g/mol. The Hall–Kier alpha value is -3.69. The smallest absolute Gasteiger partial charge is 0.268 e. The average molecular weight is 531 g/mol. The molecule has 188 valence electrons. The molecule has 0 unspecified atom stereocenters. The first kappa shape index (κ1) is 25.0. The van der Waals surface area contributed by atoms with E-state index in [2.05, 4.69) is 15.3 Å². The number of para-hydroxylation sites is 1. The van der Waals surface area contributed by atoms with Crippen molar-refractivity contribution < 1.29 is 13.2 Å². The molecule has 0 fully saturated rings. The highest BCUT2D eigenvalue weighted by Gasteiger charge is 2.36. The Labute approximate surface area is 221 Å². The van der Waals surface area contributed by atoms with Gasteiger partial charge in [-0.2, -0.15) is 0 Å². The van der Waals surface area contributed by atoms with Gasteiger partial charge in [0.15, 0.2) is 5.16 Å². The van der Waals surface area contributed by atoms with Crippen molar-refractivity contribution in [3.05, 3.63) is 95.2 Å². The number of amides is 1. The minimum atomic E-state index is -3.89. The van der Waals surface area contributed by atoms with E-state index >= 15 is 0 Å². The van der Waals surface area contributed by atoms with Gasteiger partial charge in [-0.25, -0.2) is 18.4 Å². The highest BCUT2D eigenvalue weighted by molar-refractivity contribution is 7.99. The summed E-state index contributed by atoms with van der Waals surface area (Å²) in [6.45, 7) is 6.19. The van der Waals surface area contributed by atoms with Crippen LogP contribution in [0.5, 0.6) is 0 Å². The Kier molecular flexibility index (Phi) is 6.74. The number of fused-ring (bicyclic) bond motifs is 3. The van der Waals surface area contributed by atoms with Gasteiger partial charge in [0, 0.05) is 11.3 Å². The number of nitrogens with one attached hydrogen (secondary N) is 1. The molecule has 1 aromatic heterocycles. The maximum atomic E-state index is 13.7. The Morgan fingerprint density at radius 3 is 2.49 bits per heavy atom. The summed E-state index contributed by atoms with van der Waals surface area (Å²) in [6, 6.07) is 20.8. The first-order chi connectivity index (χ1) is 17.7. The Morgan fingerprint density at radius 1 is 0.946 bits per heavy atom. The standard InChI is InChI=1S/C28H26N4O3S2/c1-18-12-13-22(14-20(18)3)30-26(33)17-36-28-29-15-25-27(31-28)23-10-6-7-11-24(23)32(37(25,34)35)16-21-9-5-4-8-19(21)2/h4-15H,16-17H2,1-3H3,(H,30,33). The normalized spacial score (nSPS) is 13.5. The molecule has 0 atom stereocenters. The van der Waals surface area contributed by atoms with Crippen LogP contribution < -0.4 is 9.62 Å². The molecule has 5 rings (SSSR count). The third kappa shape index (κ3) is 4.97. The number of thioether (sulfide) groups is 1. The van der Waals surface area contributed by atoms with E-state index in [9.17, 15) is 13.2 Å². The fourth-order valence-corrected chi connectivity index (χ4v) is 6.37. The molecule has 0 bridgehead atoms. The second kappa shape index (κ2) is 9.99. The topological polar surface area (TPSA) is 92.3 Å². The zero-order valence-corrected chi connectivity index (χ0v) is 22.4. The fourth-order valence-electron chi connectivity index (χ4n) is 4.20. The number of hydrogen-bond donors (Lipinski definition) is 1. The van der Waals surface area contributed by atoms with E-state index in [0.29, 0.717) is 22.1 Å². The highest BCUT2D eigenvalue weighted by Crippen LogP contribution is 2.43. The van der Waals surface area contributed by atoms with Crippen molar-refractivity contribution in [2.45, 2.75) is 37.4 Å². The lowest BCUT2D eigenvalue weighted by Crippen LogP contribution is -2.34. The number of nitrogens with zero attached hydrogens (tertiary/aromatic N) is 3. The van der Waals surface area contributed by atoms with E-state index < -0.39 is 10.0 Å². The van der Waals surface area contributed by atoms with Crippen LogP contribution in [-0.2, 0) is 21.4 Å². The van der Waals surface area contributed by atoms with Crippen LogP contribution >= 0.6 is 11.8 Å². The maximum Gasteiger partial charge on any atom is 0.268 e. The molecule has 3 aromatic carbocycles. The van der Waals surface area contributed by atoms with Gasteiger partial charge < -0.3 is 5.32 Å². The zero-order chi connectivity index (χ0) is 26.2. The molecule has 0 saturated heterocycles. The SMILES string of the molecule is Cc1ccc(NC(=O)CSc2ncc3c(n2)-c2ccccc2N(Cc2ccccc2C)S3(=O)=O)cc1C.